The lowest BCUT2D eigenvalue weighted by Crippen LogP contribution is -2.38. The highest BCUT2D eigenvalue weighted by Crippen LogP contribution is 2.32. The van der Waals surface area contributed by atoms with E-state index < -0.39 is 12.3 Å². The zero-order chi connectivity index (χ0) is 15.5. The number of aliphatic hydroxyl groups excluding tert-OH is 1. The topological polar surface area (TPSA) is 54.3 Å². The minimum absolute atomic E-state index is 0.0406. The van der Waals surface area contributed by atoms with E-state index in [1.165, 1.54) is 23.3 Å². The average molecular weight is 304 g/mol. The van der Waals surface area contributed by atoms with Crippen LogP contribution in [0.5, 0.6) is 0 Å². The maximum absolute atomic E-state index is 12.4. The molecule has 1 amide bonds. The van der Waals surface area contributed by atoms with Gasteiger partial charge in [0.25, 0.3) is 0 Å². The van der Waals surface area contributed by atoms with Gasteiger partial charge < -0.3 is 15.0 Å². The number of alkyl halides is 3. The molecule has 1 aliphatic rings. The van der Waals surface area contributed by atoms with Crippen LogP contribution in [-0.2, 0) is 11.3 Å². The van der Waals surface area contributed by atoms with Crippen molar-refractivity contribution in [2.45, 2.75) is 57.0 Å². The van der Waals surface area contributed by atoms with Gasteiger partial charge >= 0.3 is 6.18 Å². The highest BCUT2D eigenvalue weighted by molar-refractivity contribution is 5.76. The number of hydrogen-bond donors (Lipinski definition) is 2. The van der Waals surface area contributed by atoms with Crippen LogP contribution in [-0.4, -0.2) is 27.8 Å². The monoisotopic (exact) mass is 304 g/mol. The molecule has 1 aromatic heterocycles. The van der Waals surface area contributed by atoms with Crippen molar-refractivity contribution in [3.8, 4) is 0 Å². The molecule has 0 saturated heterocycles. The van der Waals surface area contributed by atoms with Crippen molar-refractivity contribution in [1.82, 2.24) is 9.88 Å². The standard InChI is InChI=1S/C14H19F3N2O2/c15-14(16,17)13(21)10-6-7-19(8-10)9-12(20)18-11-4-2-1-3-5-11/h6-8,11,13,21H,1-5,9H2,(H,18,20). The van der Waals surface area contributed by atoms with Gasteiger partial charge in [0, 0.05) is 24.0 Å². The summed E-state index contributed by atoms with van der Waals surface area (Å²) in [4.78, 5) is 11.8. The van der Waals surface area contributed by atoms with E-state index in [9.17, 15) is 18.0 Å². The van der Waals surface area contributed by atoms with Crippen LogP contribution >= 0.6 is 0 Å². The van der Waals surface area contributed by atoms with Crippen LogP contribution in [0.2, 0.25) is 0 Å². The Morgan fingerprint density at radius 2 is 2.05 bits per heavy atom. The van der Waals surface area contributed by atoms with Crippen LogP contribution in [0, 0.1) is 0 Å². The summed E-state index contributed by atoms with van der Waals surface area (Å²) < 4.78 is 38.5. The predicted octanol–water partition coefficient (Wildman–Crippen LogP) is 2.53. The molecule has 1 atom stereocenters. The van der Waals surface area contributed by atoms with Gasteiger partial charge in [-0.2, -0.15) is 13.2 Å². The number of carbonyl (C=O) groups is 1. The van der Waals surface area contributed by atoms with Gasteiger partial charge in [-0.15, -0.1) is 0 Å². The van der Waals surface area contributed by atoms with Gasteiger partial charge in [0.1, 0.15) is 6.54 Å². The fourth-order valence-corrected chi connectivity index (χ4v) is 2.59. The molecule has 1 unspecified atom stereocenters. The lowest BCUT2D eigenvalue weighted by molar-refractivity contribution is -0.206. The van der Waals surface area contributed by atoms with Crippen LogP contribution in [0.25, 0.3) is 0 Å². The molecule has 1 aliphatic carbocycles. The molecule has 7 heteroatoms. The minimum Gasteiger partial charge on any atom is -0.379 e. The Balaban J connectivity index is 1.88. The quantitative estimate of drug-likeness (QED) is 0.898. The van der Waals surface area contributed by atoms with Gasteiger partial charge in [-0.25, -0.2) is 0 Å². The summed E-state index contributed by atoms with van der Waals surface area (Å²) in [6, 6.07) is 1.34. The van der Waals surface area contributed by atoms with E-state index in [4.69, 9.17) is 5.11 Å². The summed E-state index contributed by atoms with van der Waals surface area (Å²) in [5.74, 6) is -0.217. The molecule has 118 valence electrons. The number of rotatable bonds is 4. The van der Waals surface area contributed by atoms with Gasteiger partial charge in [-0.05, 0) is 18.9 Å². The van der Waals surface area contributed by atoms with E-state index in [0.29, 0.717) is 0 Å². The van der Waals surface area contributed by atoms with Crippen LogP contribution in [0.4, 0.5) is 13.2 Å². The van der Waals surface area contributed by atoms with Crippen molar-refractivity contribution in [1.29, 1.82) is 0 Å². The summed E-state index contributed by atoms with van der Waals surface area (Å²) >= 11 is 0. The number of carbonyl (C=O) groups excluding carboxylic acids is 1. The van der Waals surface area contributed by atoms with E-state index in [1.807, 2.05) is 0 Å². The Hall–Kier alpha value is -1.50. The van der Waals surface area contributed by atoms with Crippen LogP contribution in [0.15, 0.2) is 18.5 Å². The van der Waals surface area contributed by atoms with Gasteiger partial charge in [0.2, 0.25) is 5.91 Å². The van der Waals surface area contributed by atoms with Crippen molar-refractivity contribution in [2.24, 2.45) is 0 Å². The van der Waals surface area contributed by atoms with Crippen molar-refractivity contribution in [3.05, 3.63) is 24.0 Å². The zero-order valence-electron chi connectivity index (χ0n) is 11.6. The average Bonchev–Trinajstić information content (AvgIpc) is 2.86. The predicted molar refractivity (Wildman–Crippen MR) is 70.5 cm³/mol. The molecule has 0 bridgehead atoms. The Bertz CT molecular complexity index is 479. The number of nitrogens with zero attached hydrogens (tertiary/aromatic N) is 1. The minimum atomic E-state index is -4.70. The highest BCUT2D eigenvalue weighted by atomic mass is 19.4. The third-order valence-corrected chi connectivity index (χ3v) is 3.70. The number of nitrogens with one attached hydrogen (secondary N) is 1. The van der Waals surface area contributed by atoms with E-state index in [0.717, 1.165) is 31.9 Å². The van der Waals surface area contributed by atoms with Crippen LogP contribution < -0.4 is 5.32 Å². The fraction of sp³-hybridized carbons (Fsp3) is 0.643. The fourth-order valence-electron chi connectivity index (χ4n) is 2.59. The SMILES string of the molecule is O=C(Cn1ccc(C(O)C(F)(F)F)c1)NC1CCCCC1. The number of amides is 1. The normalized spacial score (nSPS) is 18.5. The first-order chi connectivity index (χ1) is 9.86. The maximum atomic E-state index is 12.4. The Kier molecular flexibility index (Phi) is 4.92. The molecule has 1 aromatic rings. The van der Waals surface area contributed by atoms with Gasteiger partial charge in [0.05, 0.1) is 0 Å². The zero-order valence-corrected chi connectivity index (χ0v) is 11.6. The molecule has 21 heavy (non-hydrogen) atoms. The third kappa shape index (κ3) is 4.49. The van der Waals surface area contributed by atoms with E-state index in [-0.39, 0.29) is 24.1 Å². The lowest BCUT2D eigenvalue weighted by atomic mass is 9.95. The first-order valence-corrected chi connectivity index (χ1v) is 7.06. The van der Waals surface area contributed by atoms with Crippen molar-refractivity contribution in [3.63, 3.8) is 0 Å². The molecule has 1 saturated carbocycles. The molecule has 1 heterocycles. The van der Waals surface area contributed by atoms with Crippen LogP contribution in [0.1, 0.15) is 43.8 Å². The van der Waals surface area contributed by atoms with Gasteiger partial charge in [-0.3, -0.25) is 4.79 Å². The second-order valence-electron chi connectivity index (χ2n) is 5.46. The van der Waals surface area contributed by atoms with Crippen molar-refractivity contribution in [2.75, 3.05) is 0 Å². The Labute approximate surface area is 120 Å². The molecule has 0 spiro atoms. The lowest BCUT2D eigenvalue weighted by Gasteiger charge is -2.22. The molecular formula is C14H19F3N2O2. The number of hydrogen-bond acceptors (Lipinski definition) is 2. The molecule has 1 fully saturated rings. The smallest absolute Gasteiger partial charge is 0.379 e. The third-order valence-electron chi connectivity index (χ3n) is 3.70. The Morgan fingerprint density at radius 1 is 1.38 bits per heavy atom. The summed E-state index contributed by atoms with van der Waals surface area (Å²) in [6.07, 6.45) is 0.584. The van der Waals surface area contributed by atoms with E-state index in [2.05, 4.69) is 5.32 Å². The largest absolute Gasteiger partial charge is 0.418 e. The van der Waals surface area contributed by atoms with E-state index >= 15 is 0 Å². The molecule has 4 nitrogen and oxygen atoms in total. The molecule has 0 aliphatic heterocycles. The molecular weight excluding hydrogens is 285 g/mol. The molecule has 2 N–H and O–H groups in total. The molecule has 2 rings (SSSR count). The van der Waals surface area contributed by atoms with Crippen LogP contribution in [0.3, 0.4) is 0 Å². The number of halogens is 3. The summed E-state index contributed by atoms with van der Waals surface area (Å²) in [7, 11) is 0. The highest BCUT2D eigenvalue weighted by Gasteiger charge is 2.39. The van der Waals surface area contributed by atoms with E-state index in [1.54, 1.807) is 0 Å². The first kappa shape index (κ1) is 15.9. The second-order valence-corrected chi connectivity index (χ2v) is 5.46. The van der Waals surface area contributed by atoms with Gasteiger partial charge in [0.15, 0.2) is 6.10 Å². The molecule has 0 aromatic carbocycles. The number of aromatic nitrogens is 1. The van der Waals surface area contributed by atoms with Crippen molar-refractivity contribution < 1.29 is 23.1 Å². The van der Waals surface area contributed by atoms with Gasteiger partial charge in [-0.1, -0.05) is 19.3 Å². The summed E-state index contributed by atoms with van der Waals surface area (Å²) in [5, 5.41) is 12.0. The summed E-state index contributed by atoms with van der Waals surface area (Å²) in [5.41, 5.74) is -0.257. The first-order valence-electron chi connectivity index (χ1n) is 7.06. The second kappa shape index (κ2) is 6.51. The number of aliphatic hydroxyl groups is 1. The molecule has 0 radical (unpaired) electrons. The Morgan fingerprint density at radius 3 is 2.67 bits per heavy atom. The van der Waals surface area contributed by atoms with Crippen molar-refractivity contribution >= 4 is 5.91 Å². The maximum Gasteiger partial charge on any atom is 0.418 e. The summed E-state index contributed by atoms with van der Waals surface area (Å²) in [6.45, 7) is -0.0406.